The standard InChI is InChI=1S/C19H29N3O/c1-2-8-20-18(6-1)14-22-11-5-7-19(16-22)12-17(15-23-19)13-21-9-3-4-10-21/h1-2,6,8,17H,3-5,7,9-16H2. The molecule has 4 heterocycles. The quantitative estimate of drug-likeness (QED) is 0.854. The van der Waals surface area contributed by atoms with Crippen LogP contribution >= 0.6 is 0 Å². The minimum absolute atomic E-state index is 0.122. The number of nitrogens with zero attached hydrogens (tertiary/aromatic N) is 3. The van der Waals surface area contributed by atoms with Crippen LogP contribution in [0.3, 0.4) is 0 Å². The fraction of sp³-hybridized carbons (Fsp3) is 0.737. The molecule has 0 aromatic carbocycles. The van der Waals surface area contributed by atoms with Crippen molar-refractivity contribution in [3.05, 3.63) is 30.1 Å². The lowest BCUT2D eigenvalue weighted by Gasteiger charge is -2.39. The Labute approximate surface area is 139 Å². The van der Waals surface area contributed by atoms with Gasteiger partial charge in [0.15, 0.2) is 0 Å². The molecule has 3 saturated heterocycles. The molecule has 0 N–H and O–H groups in total. The Kier molecular flexibility index (Phi) is 4.65. The van der Waals surface area contributed by atoms with Crippen LogP contribution in [0.15, 0.2) is 24.4 Å². The van der Waals surface area contributed by atoms with Crippen molar-refractivity contribution in [1.82, 2.24) is 14.8 Å². The van der Waals surface area contributed by atoms with Crippen molar-refractivity contribution in [2.45, 2.75) is 44.2 Å². The molecule has 2 unspecified atom stereocenters. The van der Waals surface area contributed by atoms with Crippen LogP contribution in [-0.4, -0.2) is 59.7 Å². The van der Waals surface area contributed by atoms with Gasteiger partial charge in [-0.05, 0) is 69.8 Å². The number of hydrogen-bond acceptors (Lipinski definition) is 4. The van der Waals surface area contributed by atoms with Crippen LogP contribution in [0.25, 0.3) is 0 Å². The van der Waals surface area contributed by atoms with Crippen molar-refractivity contribution in [1.29, 1.82) is 0 Å². The van der Waals surface area contributed by atoms with Gasteiger partial charge in [0.25, 0.3) is 0 Å². The highest BCUT2D eigenvalue weighted by Crippen LogP contribution is 2.38. The summed E-state index contributed by atoms with van der Waals surface area (Å²) in [5.74, 6) is 0.739. The molecule has 4 nitrogen and oxygen atoms in total. The van der Waals surface area contributed by atoms with E-state index < -0.39 is 0 Å². The van der Waals surface area contributed by atoms with E-state index in [1.807, 2.05) is 12.3 Å². The van der Waals surface area contributed by atoms with Crippen LogP contribution in [0.1, 0.15) is 37.8 Å². The first kappa shape index (κ1) is 15.6. The van der Waals surface area contributed by atoms with E-state index in [4.69, 9.17) is 4.74 Å². The minimum atomic E-state index is 0.122. The monoisotopic (exact) mass is 315 g/mol. The van der Waals surface area contributed by atoms with E-state index in [1.165, 1.54) is 64.0 Å². The maximum absolute atomic E-state index is 6.38. The molecule has 1 aromatic rings. The van der Waals surface area contributed by atoms with Crippen molar-refractivity contribution < 1.29 is 4.74 Å². The Balaban J connectivity index is 1.33. The van der Waals surface area contributed by atoms with Gasteiger partial charge in [0.05, 0.1) is 17.9 Å². The van der Waals surface area contributed by atoms with E-state index in [0.717, 1.165) is 25.6 Å². The van der Waals surface area contributed by atoms with Crippen LogP contribution in [0, 0.1) is 5.92 Å². The molecule has 0 radical (unpaired) electrons. The van der Waals surface area contributed by atoms with Gasteiger partial charge in [-0.2, -0.15) is 0 Å². The highest BCUT2D eigenvalue weighted by atomic mass is 16.5. The number of aromatic nitrogens is 1. The molecule has 0 amide bonds. The first-order valence-electron chi connectivity index (χ1n) is 9.30. The zero-order chi connectivity index (χ0) is 15.5. The number of ether oxygens (including phenoxy) is 1. The minimum Gasteiger partial charge on any atom is -0.373 e. The van der Waals surface area contributed by atoms with Crippen molar-refractivity contribution in [2.75, 3.05) is 39.3 Å². The fourth-order valence-corrected chi connectivity index (χ4v) is 4.72. The Bertz CT molecular complexity index is 503. The maximum atomic E-state index is 6.38. The Hall–Kier alpha value is -0.970. The molecule has 4 heteroatoms. The highest BCUT2D eigenvalue weighted by molar-refractivity contribution is 5.04. The molecule has 3 aliphatic heterocycles. The summed E-state index contributed by atoms with van der Waals surface area (Å²) in [4.78, 5) is 9.67. The predicted molar refractivity (Wildman–Crippen MR) is 91.2 cm³/mol. The highest BCUT2D eigenvalue weighted by Gasteiger charge is 2.43. The van der Waals surface area contributed by atoms with Crippen molar-refractivity contribution >= 4 is 0 Å². The average molecular weight is 315 g/mol. The third kappa shape index (κ3) is 3.76. The van der Waals surface area contributed by atoms with Gasteiger partial charge in [-0.15, -0.1) is 0 Å². The Morgan fingerprint density at radius 2 is 2.00 bits per heavy atom. The molecular formula is C19H29N3O. The van der Waals surface area contributed by atoms with Gasteiger partial charge in [0.1, 0.15) is 0 Å². The molecule has 3 aliphatic rings. The molecule has 1 spiro atoms. The second kappa shape index (κ2) is 6.88. The van der Waals surface area contributed by atoms with Crippen molar-refractivity contribution in [2.24, 2.45) is 5.92 Å². The SMILES string of the molecule is c1ccc(CN2CCCC3(CC(CN4CCCC4)CO3)C2)nc1. The molecule has 4 rings (SSSR count). The normalized spacial score (nSPS) is 32.8. The maximum Gasteiger partial charge on any atom is 0.0813 e. The zero-order valence-electron chi connectivity index (χ0n) is 14.1. The summed E-state index contributed by atoms with van der Waals surface area (Å²) in [5, 5.41) is 0. The first-order chi connectivity index (χ1) is 11.3. The fourth-order valence-electron chi connectivity index (χ4n) is 4.72. The van der Waals surface area contributed by atoms with E-state index in [-0.39, 0.29) is 5.60 Å². The molecule has 0 aliphatic carbocycles. The zero-order valence-corrected chi connectivity index (χ0v) is 14.1. The van der Waals surface area contributed by atoms with E-state index >= 15 is 0 Å². The van der Waals surface area contributed by atoms with E-state index in [1.54, 1.807) is 0 Å². The van der Waals surface area contributed by atoms with Crippen LogP contribution in [0.2, 0.25) is 0 Å². The average Bonchev–Trinajstić information content (AvgIpc) is 3.20. The van der Waals surface area contributed by atoms with Crippen molar-refractivity contribution in [3.8, 4) is 0 Å². The lowest BCUT2D eigenvalue weighted by molar-refractivity contribution is -0.0538. The smallest absolute Gasteiger partial charge is 0.0813 e. The van der Waals surface area contributed by atoms with Crippen LogP contribution in [0.4, 0.5) is 0 Å². The van der Waals surface area contributed by atoms with Gasteiger partial charge in [-0.1, -0.05) is 6.07 Å². The second-order valence-corrected chi connectivity index (χ2v) is 7.71. The summed E-state index contributed by atoms with van der Waals surface area (Å²) in [6.45, 7) is 8.04. The van der Waals surface area contributed by atoms with Crippen LogP contribution < -0.4 is 0 Å². The van der Waals surface area contributed by atoms with E-state index in [2.05, 4.69) is 26.9 Å². The first-order valence-corrected chi connectivity index (χ1v) is 9.30. The third-order valence-corrected chi connectivity index (χ3v) is 5.73. The number of rotatable bonds is 4. The summed E-state index contributed by atoms with van der Waals surface area (Å²) in [5.41, 5.74) is 1.30. The number of likely N-dealkylation sites (tertiary alicyclic amines) is 2. The molecule has 2 atom stereocenters. The van der Waals surface area contributed by atoms with E-state index in [9.17, 15) is 0 Å². The van der Waals surface area contributed by atoms with Crippen LogP contribution in [0.5, 0.6) is 0 Å². The van der Waals surface area contributed by atoms with E-state index in [0.29, 0.717) is 0 Å². The second-order valence-electron chi connectivity index (χ2n) is 7.71. The van der Waals surface area contributed by atoms with Gasteiger partial charge < -0.3 is 9.64 Å². The lowest BCUT2D eigenvalue weighted by Crippen LogP contribution is -2.47. The molecule has 3 fully saturated rings. The number of hydrogen-bond donors (Lipinski definition) is 0. The van der Waals surface area contributed by atoms with Gasteiger partial charge in [0.2, 0.25) is 0 Å². The molecule has 0 bridgehead atoms. The Morgan fingerprint density at radius 1 is 1.13 bits per heavy atom. The molecule has 126 valence electrons. The topological polar surface area (TPSA) is 28.6 Å². The summed E-state index contributed by atoms with van der Waals surface area (Å²) < 4.78 is 6.38. The molecule has 23 heavy (non-hydrogen) atoms. The van der Waals surface area contributed by atoms with Crippen molar-refractivity contribution in [3.63, 3.8) is 0 Å². The molecule has 0 saturated carbocycles. The number of pyridine rings is 1. The molecule has 1 aromatic heterocycles. The summed E-state index contributed by atoms with van der Waals surface area (Å²) >= 11 is 0. The molecular weight excluding hydrogens is 286 g/mol. The Morgan fingerprint density at radius 3 is 2.83 bits per heavy atom. The summed E-state index contributed by atoms with van der Waals surface area (Å²) in [7, 11) is 0. The predicted octanol–water partition coefficient (Wildman–Crippen LogP) is 2.55. The largest absolute Gasteiger partial charge is 0.373 e. The van der Waals surface area contributed by atoms with Gasteiger partial charge >= 0.3 is 0 Å². The van der Waals surface area contributed by atoms with Crippen LogP contribution in [-0.2, 0) is 11.3 Å². The van der Waals surface area contributed by atoms with Gasteiger partial charge in [0, 0.05) is 25.8 Å². The summed E-state index contributed by atoms with van der Waals surface area (Å²) in [6, 6.07) is 6.21. The summed E-state index contributed by atoms with van der Waals surface area (Å²) in [6.07, 6.45) is 8.41. The van der Waals surface area contributed by atoms with Gasteiger partial charge in [-0.3, -0.25) is 9.88 Å². The third-order valence-electron chi connectivity index (χ3n) is 5.73. The number of piperidine rings is 1. The lowest BCUT2D eigenvalue weighted by atomic mass is 9.86. The van der Waals surface area contributed by atoms with Gasteiger partial charge in [-0.25, -0.2) is 0 Å².